The van der Waals surface area contributed by atoms with Crippen LogP contribution in [0.1, 0.15) is 43.9 Å². The van der Waals surface area contributed by atoms with Crippen molar-refractivity contribution in [3.63, 3.8) is 0 Å². The molecule has 2 aliphatic rings. The lowest BCUT2D eigenvalue weighted by Crippen LogP contribution is -2.29. The number of halogens is 1. The number of esters is 1. The van der Waals surface area contributed by atoms with E-state index >= 15 is 0 Å². The minimum atomic E-state index is -0.508. The van der Waals surface area contributed by atoms with Gasteiger partial charge in [0.1, 0.15) is 23.5 Å². The molecule has 0 unspecified atom stereocenters. The van der Waals surface area contributed by atoms with Crippen LogP contribution in [-0.4, -0.2) is 35.4 Å². The molecule has 1 atom stereocenters. The summed E-state index contributed by atoms with van der Waals surface area (Å²) in [5.74, 6) is 0.851. The van der Waals surface area contributed by atoms with Crippen molar-refractivity contribution in [2.75, 3.05) is 29.9 Å². The molecule has 0 spiro atoms. The third-order valence-corrected chi connectivity index (χ3v) is 5.57. The van der Waals surface area contributed by atoms with Crippen LogP contribution in [0.25, 0.3) is 0 Å². The molecule has 3 heterocycles. The summed E-state index contributed by atoms with van der Waals surface area (Å²) in [6.45, 7) is 5.61. The van der Waals surface area contributed by atoms with Crippen LogP contribution in [0, 0.1) is 11.3 Å². The largest absolute Gasteiger partial charge is 0.463 e. The van der Waals surface area contributed by atoms with Gasteiger partial charge in [0.05, 0.1) is 12.2 Å². The minimum absolute atomic E-state index is 0.275. The van der Waals surface area contributed by atoms with Crippen molar-refractivity contribution in [2.45, 2.75) is 32.7 Å². The normalized spacial score (nSPS) is 18.3. The van der Waals surface area contributed by atoms with E-state index in [1.807, 2.05) is 19.1 Å². The van der Waals surface area contributed by atoms with Crippen LogP contribution >= 0.6 is 11.6 Å². The van der Waals surface area contributed by atoms with E-state index in [0.29, 0.717) is 33.5 Å². The average Bonchev–Trinajstić information content (AvgIpc) is 3.35. The molecule has 7 nitrogen and oxygen atoms in total. The summed E-state index contributed by atoms with van der Waals surface area (Å²) < 4.78 is 7.06. The fourth-order valence-electron chi connectivity index (χ4n) is 3.98. The van der Waals surface area contributed by atoms with Gasteiger partial charge >= 0.3 is 5.97 Å². The topological polar surface area (TPSA) is 83.2 Å². The zero-order valence-electron chi connectivity index (χ0n) is 16.4. The van der Waals surface area contributed by atoms with E-state index in [-0.39, 0.29) is 6.61 Å². The molecule has 0 radical (unpaired) electrons. The Balaban J connectivity index is 1.90. The maximum Gasteiger partial charge on any atom is 0.338 e. The molecule has 0 bridgehead atoms. The summed E-state index contributed by atoms with van der Waals surface area (Å²) in [6.07, 6.45) is 2.15. The van der Waals surface area contributed by atoms with Gasteiger partial charge in [0, 0.05) is 23.8 Å². The standard InChI is InChI=1S/C21H22ClN5O2/c1-3-29-21(28)17-13(2)24-19-16(12-23)20(26-10-4-5-11-26)25-27(19)18(17)14-6-8-15(22)9-7-14/h6-9,18,24H,3-5,10-11H2,1-2H3/t18-/m1/s1. The SMILES string of the molecule is CCOC(=O)C1=C(C)Nc2c(C#N)c(N3CCCC3)nn2[C@@H]1c1ccc(Cl)cc1. The second-order valence-corrected chi connectivity index (χ2v) is 7.57. The lowest BCUT2D eigenvalue weighted by Gasteiger charge is -2.29. The molecule has 0 amide bonds. The minimum Gasteiger partial charge on any atom is -0.463 e. The number of nitriles is 1. The predicted molar refractivity (Wildman–Crippen MR) is 111 cm³/mol. The van der Waals surface area contributed by atoms with Crippen LogP contribution < -0.4 is 10.2 Å². The highest BCUT2D eigenvalue weighted by Gasteiger charge is 2.37. The van der Waals surface area contributed by atoms with Crippen molar-refractivity contribution in [3.05, 3.63) is 51.7 Å². The lowest BCUT2D eigenvalue weighted by molar-refractivity contribution is -0.139. The van der Waals surface area contributed by atoms with Crippen molar-refractivity contribution in [2.24, 2.45) is 0 Å². The van der Waals surface area contributed by atoms with Gasteiger partial charge in [-0.3, -0.25) is 0 Å². The molecule has 150 valence electrons. The maximum atomic E-state index is 12.8. The molecule has 8 heteroatoms. The Bertz CT molecular complexity index is 1010. The van der Waals surface area contributed by atoms with E-state index in [0.717, 1.165) is 31.5 Å². The van der Waals surface area contributed by atoms with Crippen LogP contribution in [0.4, 0.5) is 11.6 Å². The number of rotatable bonds is 4. The Hall–Kier alpha value is -2.98. The van der Waals surface area contributed by atoms with Gasteiger partial charge in [-0.1, -0.05) is 23.7 Å². The highest BCUT2D eigenvalue weighted by molar-refractivity contribution is 6.30. The molecule has 1 saturated heterocycles. The van der Waals surface area contributed by atoms with Crippen molar-refractivity contribution >= 4 is 29.2 Å². The number of hydrogen-bond donors (Lipinski definition) is 1. The number of hydrogen-bond acceptors (Lipinski definition) is 6. The predicted octanol–water partition coefficient (Wildman–Crippen LogP) is 3.86. The van der Waals surface area contributed by atoms with E-state index in [1.165, 1.54) is 0 Å². The molecule has 29 heavy (non-hydrogen) atoms. The Morgan fingerprint density at radius 3 is 2.66 bits per heavy atom. The number of carbonyl (C=O) groups is 1. The van der Waals surface area contributed by atoms with Crippen LogP contribution in [-0.2, 0) is 9.53 Å². The first kappa shape index (κ1) is 19.3. The Morgan fingerprint density at radius 2 is 2.03 bits per heavy atom. The van der Waals surface area contributed by atoms with Crippen molar-refractivity contribution in [1.29, 1.82) is 5.26 Å². The van der Waals surface area contributed by atoms with Gasteiger partial charge in [-0.2, -0.15) is 10.4 Å². The van der Waals surface area contributed by atoms with Gasteiger partial charge in [-0.15, -0.1) is 0 Å². The molecule has 1 fully saturated rings. The first-order chi connectivity index (χ1) is 14.0. The van der Waals surface area contributed by atoms with Crippen LogP contribution in [0.3, 0.4) is 0 Å². The highest BCUT2D eigenvalue weighted by atomic mass is 35.5. The molecular formula is C21H22ClN5O2. The zero-order chi connectivity index (χ0) is 20.5. The third kappa shape index (κ3) is 3.34. The van der Waals surface area contributed by atoms with Crippen LogP contribution in [0.2, 0.25) is 5.02 Å². The molecule has 1 aromatic carbocycles. The summed E-state index contributed by atoms with van der Waals surface area (Å²) >= 11 is 6.08. The summed E-state index contributed by atoms with van der Waals surface area (Å²) in [4.78, 5) is 15.0. The number of nitrogens with zero attached hydrogens (tertiary/aromatic N) is 4. The molecule has 4 rings (SSSR count). The van der Waals surface area contributed by atoms with E-state index in [1.54, 1.807) is 23.7 Å². The molecule has 0 aliphatic carbocycles. The van der Waals surface area contributed by atoms with E-state index in [2.05, 4.69) is 16.3 Å². The van der Waals surface area contributed by atoms with Gasteiger partial charge in [0.2, 0.25) is 0 Å². The summed E-state index contributed by atoms with van der Waals surface area (Å²) in [6, 6.07) is 9.11. The number of allylic oxidation sites excluding steroid dienone is 1. The van der Waals surface area contributed by atoms with Crippen molar-refractivity contribution < 1.29 is 9.53 Å². The molecule has 1 N–H and O–H groups in total. The summed E-state index contributed by atoms with van der Waals surface area (Å²) in [5.41, 5.74) is 2.47. The summed E-state index contributed by atoms with van der Waals surface area (Å²) in [7, 11) is 0. The average molecular weight is 412 g/mol. The fraction of sp³-hybridized carbons (Fsp3) is 0.381. The lowest BCUT2D eigenvalue weighted by atomic mass is 9.95. The quantitative estimate of drug-likeness (QED) is 0.769. The Labute approximate surface area is 174 Å². The monoisotopic (exact) mass is 411 g/mol. The van der Waals surface area contributed by atoms with E-state index in [9.17, 15) is 10.1 Å². The zero-order valence-corrected chi connectivity index (χ0v) is 17.2. The second kappa shape index (κ2) is 7.80. The Morgan fingerprint density at radius 1 is 1.34 bits per heavy atom. The number of benzene rings is 1. The van der Waals surface area contributed by atoms with Gasteiger partial charge in [0.25, 0.3) is 0 Å². The van der Waals surface area contributed by atoms with Gasteiger partial charge in [0.15, 0.2) is 5.82 Å². The number of fused-ring (bicyclic) bond motifs is 1. The molecule has 2 aliphatic heterocycles. The molecular weight excluding hydrogens is 390 g/mol. The van der Waals surface area contributed by atoms with Gasteiger partial charge in [-0.05, 0) is 44.4 Å². The molecule has 1 aromatic heterocycles. The second-order valence-electron chi connectivity index (χ2n) is 7.14. The highest BCUT2D eigenvalue weighted by Crippen LogP contribution is 2.41. The van der Waals surface area contributed by atoms with Crippen molar-refractivity contribution in [3.8, 4) is 6.07 Å². The smallest absolute Gasteiger partial charge is 0.338 e. The van der Waals surface area contributed by atoms with E-state index < -0.39 is 12.0 Å². The van der Waals surface area contributed by atoms with Gasteiger partial charge < -0.3 is 15.0 Å². The number of anilines is 2. The van der Waals surface area contributed by atoms with Crippen molar-refractivity contribution in [1.82, 2.24) is 9.78 Å². The summed E-state index contributed by atoms with van der Waals surface area (Å²) in [5, 5.41) is 18.5. The number of aromatic nitrogens is 2. The number of ether oxygens (including phenoxy) is 1. The fourth-order valence-corrected chi connectivity index (χ4v) is 4.11. The van der Waals surface area contributed by atoms with Gasteiger partial charge in [-0.25, -0.2) is 9.48 Å². The van der Waals surface area contributed by atoms with Crippen LogP contribution in [0.5, 0.6) is 0 Å². The maximum absolute atomic E-state index is 12.8. The first-order valence-electron chi connectivity index (χ1n) is 9.73. The third-order valence-electron chi connectivity index (χ3n) is 5.32. The van der Waals surface area contributed by atoms with Crippen LogP contribution in [0.15, 0.2) is 35.5 Å². The van der Waals surface area contributed by atoms with E-state index in [4.69, 9.17) is 21.4 Å². The molecule has 0 saturated carbocycles. The Kier molecular flexibility index (Phi) is 5.20. The first-order valence-corrected chi connectivity index (χ1v) is 10.1. The number of carbonyl (C=O) groups excluding carboxylic acids is 1. The number of nitrogens with one attached hydrogen (secondary N) is 1. The molecule has 2 aromatic rings.